The standard InChI is InChI=1S/C25H33Cl2N3O2/c26-23-4-3-5-24(25(23)27)30-14-12-29(13-15-30)11-1-2-16-31-21-8-6-20(7-9-21)18-22-19-28-10-17-32-22/h3-9,22,28H,1-2,10-19H2. The van der Waals surface area contributed by atoms with Crippen molar-refractivity contribution in [2.75, 3.05) is 63.9 Å². The predicted octanol–water partition coefficient (Wildman–Crippen LogP) is 4.51. The Kier molecular flexibility index (Phi) is 8.94. The van der Waals surface area contributed by atoms with Crippen molar-refractivity contribution in [2.45, 2.75) is 25.4 Å². The highest BCUT2D eigenvalue weighted by atomic mass is 35.5. The van der Waals surface area contributed by atoms with Crippen molar-refractivity contribution in [3.05, 3.63) is 58.1 Å². The molecule has 2 fully saturated rings. The first kappa shape index (κ1) is 23.7. The number of hydrogen-bond acceptors (Lipinski definition) is 5. The van der Waals surface area contributed by atoms with E-state index in [9.17, 15) is 0 Å². The molecule has 2 aromatic carbocycles. The third-order valence-electron chi connectivity index (χ3n) is 6.17. The van der Waals surface area contributed by atoms with Crippen LogP contribution in [0.4, 0.5) is 5.69 Å². The molecule has 1 unspecified atom stereocenters. The van der Waals surface area contributed by atoms with E-state index in [-0.39, 0.29) is 6.10 Å². The molecule has 1 atom stereocenters. The molecule has 2 heterocycles. The Morgan fingerprint density at radius 3 is 2.56 bits per heavy atom. The number of nitrogens with zero attached hydrogens (tertiary/aromatic N) is 2. The summed E-state index contributed by atoms with van der Waals surface area (Å²) in [6.45, 7) is 8.60. The number of morpholine rings is 1. The van der Waals surface area contributed by atoms with Crippen LogP contribution in [0.2, 0.25) is 10.0 Å². The Morgan fingerprint density at radius 1 is 1.00 bits per heavy atom. The van der Waals surface area contributed by atoms with Gasteiger partial charge in [-0.15, -0.1) is 0 Å². The molecule has 0 radical (unpaired) electrons. The van der Waals surface area contributed by atoms with Crippen LogP contribution < -0.4 is 15.0 Å². The van der Waals surface area contributed by atoms with Crippen molar-refractivity contribution in [1.29, 1.82) is 0 Å². The molecule has 174 valence electrons. The van der Waals surface area contributed by atoms with Crippen molar-refractivity contribution >= 4 is 28.9 Å². The van der Waals surface area contributed by atoms with E-state index in [4.69, 9.17) is 32.7 Å². The molecular weight excluding hydrogens is 445 g/mol. The molecule has 0 bridgehead atoms. The second-order valence-corrected chi connectivity index (χ2v) is 9.29. The predicted molar refractivity (Wildman–Crippen MR) is 133 cm³/mol. The molecular formula is C25H33Cl2N3O2. The first-order valence-electron chi connectivity index (χ1n) is 11.6. The number of hydrogen-bond donors (Lipinski definition) is 1. The number of nitrogens with one attached hydrogen (secondary N) is 1. The van der Waals surface area contributed by atoms with Crippen molar-refractivity contribution in [3.8, 4) is 5.75 Å². The summed E-state index contributed by atoms with van der Waals surface area (Å²) in [7, 11) is 0. The van der Waals surface area contributed by atoms with E-state index in [1.165, 1.54) is 5.56 Å². The van der Waals surface area contributed by atoms with Gasteiger partial charge in [0.15, 0.2) is 0 Å². The van der Waals surface area contributed by atoms with Crippen molar-refractivity contribution < 1.29 is 9.47 Å². The number of ether oxygens (including phenoxy) is 2. The zero-order valence-electron chi connectivity index (χ0n) is 18.6. The van der Waals surface area contributed by atoms with Gasteiger partial charge in [0.25, 0.3) is 0 Å². The van der Waals surface area contributed by atoms with Gasteiger partial charge in [0.05, 0.1) is 35.1 Å². The maximum atomic E-state index is 6.38. The van der Waals surface area contributed by atoms with Crippen molar-refractivity contribution in [1.82, 2.24) is 10.2 Å². The molecule has 2 saturated heterocycles. The molecule has 7 heteroatoms. The van der Waals surface area contributed by atoms with Crippen LogP contribution in [0.15, 0.2) is 42.5 Å². The lowest BCUT2D eigenvalue weighted by Gasteiger charge is -2.36. The van der Waals surface area contributed by atoms with E-state index in [0.717, 1.165) is 89.7 Å². The minimum absolute atomic E-state index is 0.278. The van der Waals surface area contributed by atoms with Gasteiger partial charge in [0.1, 0.15) is 5.75 Å². The van der Waals surface area contributed by atoms with Crippen LogP contribution in [0.1, 0.15) is 18.4 Å². The maximum Gasteiger partial charge on any atom is 0.119 e. The summed E-state index contributed by atoms with van der Waals surface area (Å²) in [6.07, 6.45) is 3.43. The van der Waals surface area contributed by atoms with Crippen LogP contribution in [0.25, 0.3) is 0 Å². The maximum absolute atomic E-state index is 6.38. The third kappa shape index (κ3) is 6.75. The molecule has 0 spiro atoms. The van der Waals surface area contributed by atoms with E-state index in [2.05, 4.69) is 45.4 Å². The summed E-state index contributed by atoms with van der Waals surface area (Å²) < 4.78 is 11.7. The summed E-state index contributed by atoms with van der Waals surface area (Å²) in [4.78, 5) is 4.85. The highest BCUT2D eigenvalue weighted by Gasteiger charge is 2.19. The van der Waals surface area contributed by atoms with Gasteiger partial charge < -0.3 is 19.7 Å². The average molecular weight is 478 g/mol. The highest BCUT2D eigenvalue weighted by Crippen LogP contribution is 2.32. The zero-order valence-corrected chi connectivity index (χ0v) is 20.1. The fourth-order valence-electron chi connectivity index (χ4n) is 4.31. The van der Waals surface area contributed by atoms with E-state index in [1.807, 2.05) is 12.1 Å². The molecule has 1 N–H and O–H groups in total. The number of rotatable bonds is 9. The SMILES string of the molecule is Clc1cccc(N2CCN(CCCCOc3ccc(CC4CNCCO4)cc3)CC2)c1Cl. The van der Waals surface area contributed by atoms with E-state index in [0.29, 0.717) is 10.0 Å². The van der Waals surface area contributed by atoms with Gasteiger partial charge in [-0.3, -0.25) is 4.90 Å². The summed E-state index contributed by atoms with van der Waals surface area (Å²) in [5.41, 5.74) is 2.34. The molecule has 32 heavy (non-hydrogen) atoms. The minimum Gasteiger partial charge on any atom is -0.494 e. The molecule has 5 nitrogen and oxygen atoms in total. The number of unbranched alkanes of at least 4 members (excludes halogenated alkanes) is 1. The van der Waals surface area contributed by atoms with Crippen LogP contribution in [-0.2, 0) is 11.2 Å². The molecule has 0 aromatic heterocycles. The largest absolute Gasteiger partial charge is 0.494 e. The summed E-state index contributed by atoms with van der Waals surface area (Å²) in [5.74, 6) is 0.948. The highest BCUT2D eigenvalue weighted by molar-refractivity contribution is 6.43. The number of halogens is 2. The molecule has 2 aliphatic rings. The Balaban J connectivity index is 1.10. The van der Waals surface area contributed by atoms with Gasteiger partial charge in [-0.25, -0.2) is 0 Å². The molecule has 0 saturated carbocycles. The molecule has 2 aliphatic heterocycles. The smallest absolute Gasteiger partial charge is 0.119 e. The van der Waals surface area contributed by atoms with Crippen LogP contribution in [0.5, 0.6) is 5.75 Å². The van der Waals surface area contributed by atoms with E-state index >= 15 is 0 Å². The van der Waals surface area contributed by atoms with Gasteiger partial charge in [-0.05, 0) is 55.6 Å². The van der Waals surface area contributed by atoms with Gasteiger partial charge in [0.2, 0.25) is 0 Å². The monoisotopic (exact) mass is 477 g/mol. The lowest BCUT2D eigenvalue weighted by molar-refractivity contribution is 0.0292. The van der Waals surface area contributed by atoms with Gasteiger partial charge in [0, 0.05) is 39.3 Å². The van der Waals surface area contributed by atoms with Gasteiger partial charge in [-0.2, -0.15) is 0 Å². The first-order valence-corrected chi connectivity index (χ1v) is 12.4. The minimum atomic E-state index is 0.278. The number of piperazine rings is 1. The normalized spacial score (nSPS) is 19.8. The Labute approximate surface area is 201 Å². The Bertz CT molecular complexity index is 836. The molecule has 0 amide bonds. The quantitative estimate of drug-likeness (QED) is 0.537. The molecule has 4 rings (SSSR count). The number of anilines is 1. The summed E-state index contributed by atoms with van der Waals surface area (Å²) >= 11 is 12.5. The lowest BCUT2D eigenvalue weighted by Crippen LogP contribution is -2.46. The third-order valence-corrected chi connectivity index (χ3v) is 6.98. The number of benzene rings is 2. The average Bonchev–Trinajstić information content (AvgIpc) is 2.83. The van der Waals surface area contributed by atoms with Gasteiger partial charge >= 0.3 is 0 Å². The van der Waals surface area contributed by atoms with Crippen LogP contribution in [0.3, 0.4) is 0 Å². The molecule has 2 aromatic rings. The van der Waals surface area contributed by atoms with Crippen molar-refractivity contribution in [3.63, 3.8) is 0 Å². The lowest BCUT2D eigenvalue weighted by atomic mass is 10.1. The zero-order chi connectivity index (χ0) is 22.2. The van der Waals surface area contributed by atoms with Crippen molar-refractivity contribution in [2.24, 2.45) is 0 Å². The second-order valence-electron chi connectivity index (χ2n) is 8.50. The van der Waals surface area contributed by atoms with Crippen LogP contribution >= 0.6 is 23.2 Å². The first-order chi connectivity index (χ1) is 15.7. The van der Waals surface area contributed by atoms with Crippen LogP contribution in [-0.4, -0.2) is 70.0 Å². The van der Waals surface area contributed by atoms with Gasteiger partial charge in [-0.1, -0.05) is 41.4 Å². The summed E-state index contributed by atoms with van der Waals surface area (Å²) in [5, 5.41) is 4.66. The Hall–Kier alpha value is -1.50. The topological polar surface area (TPSA) is 37.0 Å². The fraction of sp³-hybridized carbons (Fsp3) is 0.520. The fourth-order valence-corrected chi connectivity index (χ4v) is 4.73. The van der Waals surface area contributed by atoms with E-state index in [1.54, 1.807) is 0 Å². The summed E-state index contributed by atoms with van der Waals surface area (Å²) in [6, 6.07) is 14.3. The Morgan fingerprint density at radius 2 is 1.81 bits per heavy atom. The molecule has 0 aliphatic carbocycles. The van der Waals surface area contributed by atoms with E-state index < -0.39 is 0 Å². The second kappa shape index (κ2) is 12.1. The van der Waals surface area contributed by atoms with Crippen LogP contribution in [0, 0.1) is 0 Å².